The third-order valence-electron chi connectivity index (χ3n) is 3.43. The van der Waals surface area contributed by atoms with Gasteiger partial charge in [-0.1, -0.05) is 23.2 Å². The Bertz CT molecular complexity index is 668. The fraction of sp³-hybridized carbons (Fsp3) is 0.500. The van der Waals surface area contributed by atoms with E-state index in [1.165, 1.54) is 6.07 Å². The van der Waals surface area contributed by atoms with Crippen molar-refractivity contribution in [2.45, 2.75) is 53.1 Å². The molecule has 1 aromatic carbocycles. The van der Waals surface area contributed by atoms with Gasteiger partial charge < -0.3 is 9.64 Å². The number of carbonyl (C=O) groups is 2. The van der Waals surface area contributed by atoms with E-state index in [0.717, 1.165) is 0 Å². The van der Waals surface area contributed by atoms with E-state index >= 15 is 0 Å². The molecule has 0 saturated heterocycles. The second kappa shape index (κ2) is 10.4. The first-order valence-electron chi connectivity index (χ1n) is 8.32. The van der Waals surface area contributed by atoms with Gasteiger partial charge in [0.15, 0.2) is 6.61 Å². The molecule has 0 atom stereocenters. The average Bonchev–Trinajstić information content (AvgIpc) is 2.51. The van der Waals surface area contributed by atoms with Gasteiger partial charge in [0.25, 0.3) is 5.91 Å². The Morgan fingerprint density at radius 2 is 1.81 bits per heavy atom. The second-order valence-corrected chi connectivity index (χ2v) is 7.25. The molecule has 0 bridgehead atoms. The van der Waals surface area contributed by atoms with Crippen molar-refractivity contribution >= 4 is 40.7 Å². The number of hydrogen-bond acceptors (Lipinski definition) is 4. The molecule has 0 aliphatic carbocycles. The van der Waals surface area contributed by atoms with Crippen LogP contribution >= 0.6 is 23.2 Å². The minimum Gasteiger partial charge on any atom is -0.482 e. The van der Waals surface area contributed by atoms with E-state index in [9.17, 15) is 9.59 Å². The van der Waals surface area contributed by atoms with Crippen molar-refractivity contribution in [1.82, 2.24) is 10.3 Å². The number of amides is 2. The predicted octanol–water partition coefficient (Wildman–Crippen LogP) is 3.90. The summed E-state index contributed by atoms with van der Waals surface area (Å²) in [6.45, 7) is 9.29. The smallest absolute Gasteiger partial charge is 0.277 e. The van der Waals surface area contributed by atoms with E-state index in [4.69, 9.17) is 27.9 Å². The summed E-state index contributed by atoms with van der Waals surface area (Å²) in [7, 11) is 0. The van der Waals surface area contributed by atoms with Crippen LogP contribution in [0.1, 0.15) is 41.0 Å². The van der Waals surface area contributed by atoms with Crippen LogP contribution in [0.15, 0.2) is 23.3 Å². The molecule has 0 aliphatic heterocycles. The van der Waals surface area contributed by atoms with Crippen molar-refractivity contribution in [2.24, 2.45) is 5.10 Å². The van der Waals surface area contributed by atoms with Crippen LogP contribution in [0.5, 0.6) is 5.75 Å². The van der Waals surface area contributed by atoms with Gasteiger partial charge in [-0.15, -0.1) is 0 Å². The summed E-state index contributed by atoms with van der Waals surface area (Å²) in [6.07, 6.45) is 0.139. The number of ether oxygens (including phenoxy) is 1. The largest absolute Gasteiger partial charge is 0.482 e. The molecule has 1 N–H and O–H groups in total. The lowest BCUT2D eigenvalue weighted by Gasteiger charge is -2.30. The molecule has 0 saturated carbocycles. The third-order valence-corrected chi connectivity index (χ3v) is 3.96. The quantitative estimate of drug-likeness (QED) is 0.530. The van der Waals surface area contributed by atoms with Gasteiger partial charge in [0.05, 0.1) is 11.4 Å². The summed E-state index contributed by atoms with van der Waals surface area (Å²) < 4.78 is 5.32. The SMILES string of the molecule is C/C(CC(=O)N(C(C)C)C(C)C)=N/NC(=O)COc1ccc(Cl)cc1Cl. The molecule has 26 heavy (non-hydrogen) atoms. The van der Waals surface area contributed by atoms with Crippen molar-refractivity contribution in [1.29, 1.82) is 0 Å². The predicted molar refractivity (Wildman–Crippen MR) is 105 cm³/mol. The summed E-state index contributed by atoms with van der Waals surface area (Å²) in [5.41, 5.74) is 2.88. The highest BCUT2D eigenvalue weighted by molar-refractivity contribution is 6.35. The van der Waals surface area contributed by atoms with Gasteiger partial charge in [-0.2, -0.15) is 5.10 Å². The highest BCUT2D eigenvalue weighted by Crippen LogP contribution is 2.27. The zero-order valence-electron chi connectivity index (χ0n) is 15.7. The lowest BCUT2D eigenvalue weighted by atomic mass is 10.2. The Kier molecular flexibility index (Phi) is 8.88. The fourth-order valence-corrected chi connectivity index (χ4v) is 2.91. The zero-order valence-corrected chi connectivity index (χ0v) is 17.2. The first kappa shape index (κ1) is 22.3. The molecule has 1 rings (SSSR count). The van der Waals surface area contributed by atoms with Crippen molar-refractivity contribution in [3.05, 3.63) is 28.2 Å². The molecule has 0 heterocycles. The van der Waals surface area contributed by atoms with Crippen LogP contribution in [0.4, 0.5) is 0 Å². The van der Waals surface area contributed by atoms with Crippen LogP contribution in [0.3, 0.4) is 0 Å². The summed E-state index contributed by atoms with van der Waals surface area (Å²) in [6, 6.07) is 4.92. The Morgan fingerprint density at radius 1 is 1.19 bits per heavy atom. The summed E-state index contributed by atoms with van der Waals surface area (Å²) >= 11 is 11.8. The lowest BCUT2D eigenvalue weighted by Crippen LogP contribution is -2.42. The molecule has 0 fully saturated rings. The highest BCUT2D eigenvalue weighted by atomic mass is 35.5. The standard InChI is InChI=1S/C18H25Cl2N3O3/c1-11(2)23(12(3)4)18(25)8-13(5)21-22-17(24)10-26-16-7-6-14(19)9-15(16)20/h6-7,9,11-12H,8,10H2,1-5H3,(H,22,24)/b21-13-. The van der Waals surface area contributed by atoms with Crippen LogP contribution in [-0.2, 0) is 9.59 Å². The number of benzene rings is 1. The normalized spacial score (nSPS) is 11.7. The Labute approximate surface area is 164 Å². The number of rotatable bonds is 8. The monoisotopic (exact) mass is 401 g/mol. The van der Waals surface area contributed by atoms with Gasteiger partial charge >= 0.3 is 0 Å². The minimum atomic E-state index is -0.451. The molecule has 8 heteroatoms. The molecule has 0 aromatic heterocycles. The molecule has 144 valence electrons. The van der Waals surface area contributed by atoms with E-state index < -0.39 is 5.91 Å². The molecule has 0 spiro atoms. The van der Waals surface area contributed by atoms with Gasteiger partial charge in [-0.05, 0) is 52.8 Å². The maximum atomic E-state index is 12.3. The van der Waals surface area contributed by atoms with Crippen LogP contribution in [0.25, 0.3) is 0 Å². The third kappa shape index (κ3) is 7.22. The zero-order chi connectivity index (χ0) is 19.9. The molecule has 0 unspecified atom stereocenters. The number of carbonyl (C=O) groups excluding carboxylic acids is 2. The maximum absolute atomic E-state index is 12.3. The van der Waals surface area contributed by atoms with E-state index in [2.05, 4.69) is 10.5 Å². The summed E-state index contributed by atoms with van der Waals surface area (Å²) in [4.78, 5) is 26.0. The van der Waals surface area contributed by atoms with E-state index in [-0.39, 0.29) is 31.0 Å². The molecule has 2 amide bonds. The number of hydrazone groups is 1. The Balaban J connectivity index is 2.52. The first-order valence-corrected chi connectivity index (χ1v) is 9.08. The second-order valence-electron chi connectivity index (χ2n) is 6.41. The molecule has 6 nitrogen and oxygen atoms in total. The maximum Gasteiger partial charge on any atom is 0.277 e. The van der Waals surface area contributed by atoms with Crippen molar-refractivity contribution in [3.8, 4) is 5.75 Å². The van der Waals surface area contributed by atoms with Crippen molar-refractivity contribution in [3.63, 3.8) is 0 Å². The number of nitrogens with zero attached hydrogens (tertiary/aromatic N) is 2. The lowest BCUT2D eigenvalue weighted by molar-refractivity contribution is -0.133. The van der Waals surface area contributed by atoms with Gasteiger partial charge in [0, 0.05) is 22.8 Å². The van der Waals surface area contributed by atoms with Crippen LogP contribution in [0.2, 0.25) is 10.0 Å². The average molecular weight is 402 g/mol. The number of halogens is 2. The van der Waals surface area contributed by atoms with Gasteiger partial charge in [0.1, 0.15) is 5.75 Å². The van der Waals surface area contributed by atoms with Crippen LogP contribution < -0.4 is 10.2 Å². The van der Waals surface area contributed by atoms with E-state index in [1.807, 2.05) is 27.7 Å². The van der Waals surface area contributed by atoms with E-state index in [1.54, 1.807) is 24.0 Å². The topological polar surface area (TPSA) is 71.0 Å². The molecule has 1 aromatic rings. The van der Waals surface area contributed by atoms with Crippen LogP contribution in [0, 0.1) is 0 Å². The highest BCUT2D eigenvalue weighted by Gasteiger charge is 2.20. The molecular formula is C18H25Cl2N3O3. The van der Waals surface area contributed by atoms with Gasteiger partial charge in [0.2, 0.25) is 5.91 Å². The van der Waals surface area contributed by atoms with Gasteiger partial charge in [-0.25, -0.2) is 5.43 Å². The van der Waals surface area contributed by atoms with Crippen molar-refractivity contribution in [2.75, 3.05) is 6.61 Å². The van der Waals surface area contributed by atoms with E-state index in [0.29, 0.717) is 21.5 Å². The number of hydrogen-bond donors (Lipinski definition) is 1. The molecule has 0 aliphatic rings. The summed E-state index contributed by atoms with van der Waals surface area (Å²) in [5, 5.41) is 4.75. The van der Waals surface area contributed by atoms with Crippen molar-refractivity contribution < 1.29 is 14.3 Å². The first-order chi connectivity index (χ1) is 12.1. The van der Waals surface area contributed by atoms with Crippen LogP contribution in [-0.4, -0.2) is 41.1 Å². The van der Waals surface area contributed by atoms with Gasteiger partial charge in [-0.3, -0.25) is 9.59 Å². The summed E-state index contributed by atoms with van der Waals surface area (Å²) in [5.74, 6) is -0.131. The molecule has 0 radical (unpaired) electrons. The number of nitrogens with one attached hydrogen (secondary N) is 1. The molecular weight excluding hydrogens is 377 g/mol. The fourth-order valence-electron chi connectivity index (χ4n) is 2.45. The Morgan fingerprint density at radius 3 is 2.35 bits per heavy atom. The minimum absolute atomic E-state index is 0.0327. The Hall–Kier alpha value is -1.79.